The molecule has 0 N–H and O–H groups in total. The van der Waals surface area contributed by atoms with E-state index >= 15 is 0 Å². The Balaban J connectivity index is 2.73. The van der Waals surface area contributed by atoms with Gasteiger partial charge >= 0.3 is 0 Å². The van der Waals surface area contributed by atoms with E-state index in [1.807, 2.05) is 12.3 Å². The molecule has 1 heterocycles. The van der Waals surface area contributed by atoms with E-state index in [-0.39, 0.29) is 11.9 Å². The molecule has 0 fully saturated rings. The van der Waals surface area contributed by atoms with E-state index in [1.165, 1.54) is 15.6 Å². The van der Waals surface area contributed by atoms with Gasteiger partial charge < -0.3 is 4.74 Å². The monoisotopic (exact) mass is 278 g/mol. The van der Waals surface area contributed by atoms with E-state index in [2.05, 4.69) is 4.98 Å². The fraction of sp³-hybridized carbons (Fsp3) is 0.700. The second-order valence-corrected chi connectivity index (χ2v) is 6.97. The third kappa shape index (κ3) is 3.74. The summed E-state index contributed by atoms with van der Waals surface area (Å²) >= 11 is 1.48. The summed E-state index contributed by atoms with van der Waals surface area (Å²) in [5, 5.41) is 2.73. The van der Waals surface area contributed by atoms with Crippen molar-refractivity contribution in [3.8, 4) is 0 Å². The summed E-state index contributed by atoms with van der Waals surface area (Å²) in [6.07, 6.45) is -0.0539. The third-order valence-corrected chi connectivity index (χ3v) is 5.36. The van der Waals surface area contributed by atoms with Gasteiger partial charge in [-0.05, 0) is 13.8 Å². The van der Waals surface area contributed by atoms with Crippen molar-refractivity contribution in [1.82, 2.24) is 9.29 Å². The number of rotatable bonds is 6. The molecule has 17 heavy (non-hydrogen) atoms. The lowest BCUT2D eigenvalue weighted by molar-refractivity contribution is 0.119. The number of thiazole rings is 1. The van der Waals surface area contributed by atoms with E-state index in [0.29, 0.717) is 6.54 Å². The van der Waals surface area contributed by atoms with Crippen LogP contribution in [0.5, 0.6) is 0 Å². The van der Waals surface area contributed by atoms with Crippen LogP contribution in [0.4, 0.5) is 0 Å². The van der Waals surface area contributed by atoms with Crippen LogP contribution in [0.3, 0.4) is 0 Å². The number of hydrogen-bond donors (Lipinski definition) is 0. The number of aromatic nitrogens is 1. The molecular weight excluding hydrogens is 260 g/mol. The zero-order valence-corrected chi connectivity index (χ0v) is 12.1. The SMILES string of the molecule is CCS(=O)(=O)N(C)Cc1csc([C@@H](C)OC)n1. The number of methoxy groups -OCH3 is 1. The average molecular weight is 278 g/mol. The van der Waals surface area contributed by atoms with Crippen molar-refractivity contribution in [2.24, 2.45) is 0 Å². The average Bonchev–Trinajstić information content (AvgIpc) is 2.76. The van der Waals surface area contributed by atoms with Crippen molar-refractivity contribution >= 4 is 21.4 Å². The summed E-state index contributed by atoms with van der Waals surface area (Å²) in [6, 6.07) is 0. The Bertz CT molecular complexity index is 456. The molecule has 98 valence electrons. The highest BCUT2D eigenvalue weighted by Gasteiger charge is 2.17. The molecule has 7 heteroatoms. The highest BCUT2D eigenvalue weighted by Crippen LogP contribution is 2.21. The van der Waals surface area contributed by atoms with Gasteiger partial charge in [0.1, 0.15) is 11.1 Å². The number of ether oxygens (including phenoxy) is 1. The Morgan fingerprint density at radius 3 is 2.76 bits per heavy atom. The lowest BCUT2D eigenvalue weighted by Gasteiger charge is -2.14. The molecule has 5 nitrogen and oxygen atoms in total. The Hall–Kier alpha value is -0.500. The minimum absolute atomic E-state index is 0.0539. The molecule has 0 aliphatic rings. The standard InChI is InChI=1S/C10H18N2O3S2/c1-5-17(13,14)12(3)6-9-7-16-10(11-9)8(2)15-4/h7-8H,5-6H2,1-4H3/t8-/m1/s1. The highest BCUT2D eigenvalue weighted by molar-refractivity contribution is 7.89. The first-order valence-corrected chi connectivity index (χ1v) is 7.80. The Morgan fingerprint density at radius 1 is 1.59 bits per heavy atom. The summed E-state index contributed by atoms with van der Waals surface area (Å²) < 4.78 is 29.6. The van der Waals surface area contributed by atoms with Crippen molar-refractivity contribution in [1.29, 1.82) is 0 Å². The van der Waals surface area contributed by atoms with Gasteiger partial charge in [-0.15, -0.1) is 11.3 Å². The van der Waals surface area contributed by atoms with Gasteiger partial charge in [0.05, 0.1) is 18.0 Å². The molecule has 0 aliphatic heterocycles. The smallest absolute Gasteiger partial charge is 0.213 e. The third-order valence-electron chi connectivity index (χ3n) is 2.50. The predicted octanol–water partition coefficient (Wildman–Crippen LogP) is 1.63. The molecule has 0 amide bonds. The quantitative estimate of drug-likeness (QED) is 0.793. The van der Waals surface area contributed by atoms with Gasteiger partial charge in [0.25, 0.3) is 0 Å². The van der Waals surface area contributed by atoms with Crippen LogP contribution in [-0.4, -0.2) is 37.6 Å². The Kier molecular flexibility index (Phi) is 5.05. The van der Waals surface area contributed by atoms with E-state index in [1.54, 1.807) is 21.1 Å². The first-order chi connectivity index (χ1) is 7.90. The zero-order chi connectivity index (χ0) is 13.1. The Morgan fingerprint density at radius 2 is 2.24 bits per heavy atom. The Labute approximate surface area is 106 Å². The summed E-state index contributed by atoms with van der Waals surface area (Å²) in [7, 11) is 0.0452. The van der Waals surface area contributed by atoms with Crippen LogP contribution in [0, 0.1) is 0 Å². The number of nitrogens with zero attached hydrogens (tertiary/aromatic N) is 2. The van der Waals surface area contributed by atoms with Gasteiger partial charge in [-0.2, -0.15) is 4.31 Å². The van der Waals surface area contributed by atoms with Gasteiger partial charge in [-0.1, -0.05) is 0 Å². The number of hydrogen-bond acceptors (Lipinski definition) is 5. The van der Waals surface area contributed by atoms with Crippen LogP contribution in [0.1, 0.15) is 30.7 Å². The summed E-state index contributed by atoms with van der Waals surface area (Å²) in [6.45, 7) is 3.85. The van der Waals surface area contributed by atoms with E-state index in [0.717, 1.165) is 10.7 Å². The largest absolute Gasteiger partial charge is 0.375 e. The van der Waals surface area contributed by atoms with Crippen LogP contribution in [0.15, 0.2) is 5.38 Å². The summed E-state index contributed by atoms with van der Waals surface area (Å²) in [5.41, 5.74) is 0.758. The van der Waals surface area contributed by atoms with Crippen molar-refractivity contribution in [3.63, 3.8) is 0 Å². The van der Waals surface area contributed by atoms with Crippen molar-refractivity contribution < 1.29 is 13.2 Å². The normalized spacial score (nSPS) is 14.2. The molecule has 0 radical (unpaired) electrons. The fourth-order valence-corrected chi connectivity index (χ4v) is 2.84. The molecule has 0 aliphatic carbocycles. The molecule has 0 saturated heterocycles. The maximum absolute atomic E-state index is 11.6. The predicted molar refractivity (Wildman–Crippen MR) is 68.5 cm³/mol. The first kappa shape index (κ1) is 14.6. The topological polar surface area (TPSA) is 59.5 Å². The maximum atomic E-state index is 11.6. The molecule has 0 saturated carbocycles. The first-order valence-electron chi connectivity index (χ1n) is 5.31. The van der Waals surface area contributed by atoms with Crippen molar-refractivity contribution in [2.75, 3.05) is 19.9 Å². The molecule has 1 rings (SSSR count). The summed E-state index contributed by atoms with van der Waals surface area (Å²) in [5.74, 6) is 0.106. The van der Waals surface area contributed by atoms with Gasteiger partial charge in [-0.3, -0.25) is 0 Å². The van der Waals surface area contributed by atoms with Crippen LogP contribution in [0.25, 0.3) is 0 Å². The van der Waals surface area contributed by atoms with Crippen LogP contribution >= 0.6 is 11.3 Å². The maximum Gasteiger partial charge on any atom is 0.213 e. The number of sulfonamides is 1. The fourth-order valence-electron chi connectivity index (χ4n) is 1.23. The second kappa shape index (κ2) is 5.90. The van der Waals surface area contributed by atoms with Crippen LogP contribution in [-0.2, 0) is 21.3 Å². The molecule has 1 aromatic heterocycles. The van der Waals surface area contributed by atoms with Crippen molar-refractivity contribution in [3.05, 3.63) is 16.1 Å². The lowest BCUT2D eigenvalue weighted by atomic mass is 10.4. The van der Waals surface area contributed by atoms with Gasteiger partial charge in [0, 0.05) is 19.5 Å². The van der Waals surface area contributed by atoms with E-state index in [4.69, 9.17) is 4.74 Å². The van der Waals surface area contributed by atoms with Gasteiger partial charge in [0.2, 0.25) is 10.0 Å². The van der Waals surface area contributed by atoms with Crippen molar-refractivity contribution in [2.45, 2.75) is 26.5 Å². The minimum atomic E-state index is -3.15. The molecule has 0 spiro atoms. The highest BCUT2D eigenvalue weighted by atomic mass is 32.2. The summed E-state index contributed by atoms with van der Waals surface area (Å²) in [4.78, 5) is 4.36. The molecule has 0 unspecified atom stereocenters. The molecular formula is C10H18N2O3S2. The zero-order valence-electron chi connectivity index (χ0n) is 10.5. The van der Waals surface area contributed by atoms with Gasteiger partial charge in [-0.25, -0.2) is 13.4 Å². The molecule has 1 aromatic rings. The molecule has 0 aromatic carbocycles. The van der Waals surface area contributed by atoms with E-state index < -0.39 is 10.0 Å². The van der Waals surface area contributed by atoms with Crippen LogP contribution < -0.4 is 0 Å². The lowest BCUT2D eigenvalue weighted by Crippen LogP contribution is -2.27. The second-order valence-electron chi connectivity index (χ2n) is 3.71. The van der Waals surface area contributed by atoms with E-state index in [9.17, 15) is 8.42 Å². The van der Waals surface area contributed by atoms with Gasteiger partial charge in [0.15, 0.2) is 0 Å². The molecule has 0 bridgehead atoms. The van der Waals surface area contributed by atoms with Crippen LogP contribution in [0.2, 0.25) is 0 Å². The minimum Gasteiger partial charge on any atom is -0.375 e. The molecule has 1 atom stereocenters.